The SMILES string of the molecule is O=C(Cc1cc(F)ccc1F)N1CCc2nocc2C1. The minimum Gasteiger partial charge on any atom is -0.364 e. The lowest BCUT2D eigenvalue weighted by molar-refractivity contribution is -0.131. The number of hydrogen-bond donors (Lipinski definition) is 0. The molecule has 1 aliphatic rings. The summed E-state index contributed by atoms with van der Waals surface area (Å²) < 4.78 is 31.5. The van der Waals surface area contributed by atoms with Crippen molar-refractivity contribution in [2.75, 3.05) is 6.54 Å². The van der Waals surface area contributed by atoms with Gasteiger partial charge in [0.05, 0.1) is 18.7 Å². The van der Waals surface area contributed by atoms with E-state index in [1.165, 1.54) is 6.26 Å². The fourth-order valence-electron chi connectivity index (χ4n) is 2.31. The molecule has 0 saturated heterocycles. The van der Waals surface area contributed by atoms with Crippen molar-refractivity contribution in [2.24, 2.45) is 0 Å². The fourth-order valence-corrected chi connectivity index (χ4v) is 2.31. The van der Waals surface area contributed by atoms with Gasteiger partial charge in [0.15, 0.2) is 0 Å². The molecule has 0 unspecified atom stereocenters. The van der Waals surface area contributed by atoms with Crippen LogP contribution < -0.4 is 0 Å². The molecule has 0 fully saturated rings. The molecule has 20 heavy (non-hydrogen) atoms. The number of carbonyl (C=O) groups excluding carboxylic acids is 1. The van der Waals surface area contributed by atoms with Crippen molar-refractivity contribution in [2.45, 2.75) is 19.4 Å². The van der Waals surface area contributed by atoms with Gasteiger partial charge in [-0.1, -0.05) is 5.16 Å². The Morgan fingerprint density at radius 3 is 3.10 bits per heavy atom. The maximum Gasteiger partial charge on any atom is 0.227 e. The van der Waals surface area contributed by atoms with E-state index < -0.39 is 11.6 Å². The van der Waals surface area contributed by atoms with E-state index in [2.05, 4.69) is 5.16 Å². The van der Waals surface area contributed by atoms with Gasteiger partial charge in [-0.05, 0) is 18.2 Å². The Balaban J connectivity index is 1.73. The Labute approximate surface area is 114 Å². The van der Waals surface area contributed by atoms with E-state index in [1.807, 2.05) is 0 Å². The summed E-state index contributed by atoms with van der Waals surface area (Å²) in [5, 5.41) is 3.84. The predicted molar refractivity (Wildman–Crippen MR) is 65.7 cm³/mol. The smallest absolute Gasteiger partial charge is 0.227 e. The van der Waals surface area contributed by atoms with Crippen LogP contribution in [0.1, 0.15) is 16.8 Å². The van der Waals surface area contributed by atoms with Crippen LogP contribution in [-0.2, 0) is 24.2 Å². The second kappa shape index (κ2) is 5.03. The second-order valence-electron chi connectivity index (χ2n) is 4.76. The Hall–Kier alpha value is -2.24. The minimum atomic E-state index is -0.567. The van der Waals surface area contributed by atoms with Crippen LogP contribution in [0.4, 0.5) is 8.78 Å². The number of fused-ring (bicyclic) bond motifs is 1. The summed E-state index contributed by atoms with van der Waals surface area (Å²) in [6, 6.07) is 3.13. The third kappa shape index (κ3) is 2.41. The van der Waals surface area contributed by atoms with Gasteiger partial charge in [0.1, 0.15) is 17.9 Å². The fraction of sp³-hybridized carbons (Fsp3) is 0.286. The molecule has 0 radical (unpaired) electrons. The van der Waals surface area contributed by atoms with Crippen molar-refractivity contribution in [3.8, 4) is 0 Å². The standard InChI is InChI=1S/C14H12F2N2O2/c15-11-1-2-12(16)9(5-11)6-14(19)18-4-3-13-10(7-18)8-20-17-13/h1-2,5,8H,3-4,6-7H2. The number of rotatable bonds is 2. The highest BCUT2D eigenvalue weighted by Crippen LogP contribution is 2.19. The van der Waals surface area contributed by atoms with E-state index in [1.54, 1.807) is 4.90 Å². The monoisotopic (exact) mass is 278 g/mol. The molecule has 0 spiro atoms. The maximum atomic E-state index is 13.5. The lowest BCUT2D eigenvalue weighted by Crippen LogP contribution is -2.36. The van der Waals surface area contributed by atoms with Crippen LogP contribution in [0.25, 0.3) is 0 Å². The summed E-state index contributed by atoms with van der Waals surface area (Å²) in [7, 11) is 0. The van der Waals surface area contributed by atoms with Gasteiger partial charge in [-0.15, -0.1) is 0 Å². The van der Waals surface area contributed by atoms with Crippen molar-refractivity contribution in [3.63, 3.8) is 0 Å². The number of halogens is 2. The molecule has 0 N–H and O–H groups in total. The largest absolute Gasteiger partial charge is 0.364 e. The highest BCUT2D eigenvalue weighted by molar-refractivity contribution is 5.79. The molecule has 4 nitrogen and oxygen atoms in total. The van der Waals surface area contributed by atoms with Crippen molar-refractivity contribution in [1.82, 2.24) is 10.1 Å². The van der Waals surface area contributed by atoms with Crippen molar-refractivity contribution in [3.05, 3.63) is 52.9 Å². The Bertz CT molecular complexity index is 654. The number of aromatic nitrogens is 1. The highest BCUT2D eigenvalue weighted by Gasteiger charge is 2.23. The van der Waals surface area contributed by atoms with Crippen LogP contribution in [0.2, 0.25) is 0 Å². The third-order valence-electron chi connectivity index (χ3n) is 3.41. The lowest BCUT2D eigenvalue weighted by Gasteiger charge is -2.25. The van der Waals surface area contributed by atoms with E-state index in [9.17, 15) is 13.6 Å². The topological polar surface area (TPSA) is 46.3 Å². The molecule has 0 aliphatic carbocycles. The second-order valence-corrected chi connectivity index (χ2v) is 4.76. The quantitative estimate of drug-likeness (QED) is 0.845. The molecule has 2 heterocycles. The van der Waals surface area contributed by atoms with Gasteiger partial charge in [0.2, 0.25) is 5.91 Å². The van der Waals surface area contributed by atoms with Crippen LogP contribution >= 0.6 is 0 Å². The van der Waals surface area contributed by atoms with Gasteiger partial charge in [0.25, 0.3) is 0 Å². The van der Waals surface area contributed by atoms with Crippen molar-refractivity contribution < 1.29 is 18.1 Å². The molecule has 3 rings (SSSR count). The summed E-state index contributed by atoms with van der Waals surface area (Å²) in [5.74, 6) is -1.35. The number of hydrogen-bond acceptors (Lipinski definition) is 3. The molecule has 1 amide bonds. The predicted octanol–water partition coefficient (Wildman–Crippen LogP) is 2.08. The zero-order valence-electron chi connectivity index (χ0n) is 10.6. The van der Waals surface area contributed by atoms with Gasteiger partial charge >= 0.3 is 0 Å². The highest BCUT2D eigenvalue weighted by atomic mass is 19.1. The third-order valence-corrected chi connectivity index (χ3v) is 3.41. The molecule has 1 aliphatic heterocycles. The first-order valence-electron chi connectivity index (χ1n) is 6.27. The van der Waals surface area contributed by atoms with Crippen LogP contribution in [0.5, 0.6) is 0 Å². The van der Waals surface area contributed by atoms with Gasteiger partial charge in [-0.25, -0.2) is 8.78 Å². The lowest BCUT2D eigenvalue weighted by atomic mass is 10.1. The summed E-state index contributed by atoms with van der Waals surface area (Å²) in [5.41, 5.74) is 1.79. The maximum absolute atomic E-state index is 13.5. The molecular weight excluding hydrogens is 266 g/mol. The zero-order chi connectivity index (χ0) is 14.1. The van der Waals surface area contributed by atoms with E-state index in [0.717, 1.165) is 29.5 Å². The molecule has 0 bridgehead atoms. The first-order chi connectivity index (χ1) is 9.63. The number of amides is 1. The van der Waals surface area contributed by atoms with Crippen LogP contribution in [0.15, 0.2) is 29.0 Å². The summed E-state index contributed by atoms with van der Waals surface area (Å²) >= 11 is 0. The molecule has 2 aromatic rings. The molecule has 6 heteroatoms. The number of benzene rings is 1. The molecule has 1 aromatic heterocycles. The average molecular weight is 278 g/mol. The minimum absolute atomic E-state index is 0.0751. The molecule has 0 saturated carbocycles. The first-order valence-corrected chi connectivity index (χ1v) is 6.27. The van der Waals surface area contributed by atoms with E-state index in [0.29, 0.717) is 19.5 Å². The summed E-state index contributed by atoms with van der Waals surface area (Å²) in [6.45, 7) is 0.907. The molecule has 104 valence electrons. The van der Waals surface area contributed by atoms with Crippen molar-refractivity contribution in [1.29, 1.82) is 0 Å². The van der Waals surface area contributed by atoms with E-state index >= 15 is 0 Å². The van der Waals surface area contributed by atoms with E-state index in [4.69, 9.17) is 4.52 Å². The number of carbonyl (C=O) groups is 1. The normalized spacial score (nSPS) is 14.2. The van der Waals surface area contributed by atoms with Crippen molar-refractivity contribution >= 4 is 5.91 Å². The van der Waals surface area contributed by atoms with Crippen LogP contribution in [0, 0.1) is 11.6 Å². The van der Waals surface area contributed by atoms with Crippen LogP contribution in [0.3, 0.4) is 0 Å². The first kappa shape index (κ1) is 12.8. The molecule has 1 aromatic carbocycles. The molecule has 0 atom stereocenters. The number of nitrogens with zero attached hydrogens (tertiary/aromatic N) is 2. The van der Waals surface area contributed by atoms with Gasteiger partial charge in [0, 0.05) is 24.1 Å². The van der Waals surface area contributed by atoms with Gasteiger partial charge in [-0.2, -0.15) is 0 Å². The zero-order valence-corrected chi connectivity index (χ0v) is 10.6. The van der Waals surface area contributed by atoms with Gasteiger partial charge < -0.3 is 9.42 Å². The van der Waals surface area contributed by atoms with E-state index in [-0.39, 0.29) is 17.9 Å². The van der Waals surface area contributed by atoms with Crippen LogP contribution in [-0.4, -0.2) is 22.5 Å². The summed E-state index contributed by atoms with van der Waals surface area (Å²) in [6.07, 6.45) is 1.98. The van der Waals surface area contributed by atoms with Gasteiger partial charge in [-0.3, -0.25) is 4.79 Å². The Morgan fingerprint density at radius 1 is 1.40 bits per heavy atom. The molecular formula is C14H12F2N2O2. The Kier molecular flexibility index (Phi) is 3.22. The summed E-state index contributed by atoms with van der Waals surface area (Å²) in [4.78, 5) is 13.7. The average Bonchev–Trinajstić information content (AvgIpc) is 2.90. The Morgan fingerprint density at radius 2 is 2.25 bits per heavy atom.